The van der Waals surface area contributed by atoms with Gasteiger partial charge in [0.1, 0.15) is 12.4 Å². The van der Waals surface area contributed by atoms with Gasteiger partial charge < -0.3 is 15.1 Å². The fourth-order valence-corrected chi connectivity index (χ4v) is 3.17. The normalized spacial score (nSPS) is 14.0. The lowest BCUT2D eigenvalue weighted by Crippen LogP contribution is -2.39. The fourth-order valence-electron chi connectivity index (χ4n) is 2.81. The van der Waals surface area contributed by atoms with Crippen LogP contribution in [0.3, 0.4) is 0 Å². The summed E-state index contributed by atoms with van der Waals surface area (Å²) in [5, 5.41) is 3.70. The molecule has 142 valence electrons. The third-order valence-electron chi connectivity index (χ3n) is 4.29. The second kappa shape index (κ2) is 8.59. The minimum absolute atomic E-state index is 0.0138. The van der Waals surface area contributed by atoms with Crippen molar-refractivity contribution in [2.45, 2.75) is 13.1 Å². The lowest BCUT2D eigenvalue weighted by molar-refractivity contribution is -0.121. The number of carbonyl (C=O) groups is 2. The summed E-state index contributed by atoms with van der Waals surface area (Å²) < 4.78 is 13.1. The molecular formula is C19H18Cl2FN3O2. The largest absolute Gasteiger partial charge is 0.350 e. The molecule has 2 aromatic carbocycles. The molecule has 0 aliphatic carbocycles. The SMILES string of the molecule is O=C(CN1CCN(Cc2ccc(F)cc2Cl)C1=O)NCc1ccc(Cl)cc1. The second-order valence-corrected chi connectivity index (χ2v) is 7.11. The Labute approximate surface area is 166 Å². The van der Waals surface area contributed by atoms with Gasteiger partial charge in [-0.05, 0) is 35.4 Å². The molecule has 1 saturated heterocycles. The topological polar surface area (TPSA) is 52.7 Å². The highest BCUT2D eigenvalue weighted by molar-refractivity contribution is 6.31. The van der Waals surface area contributed by atoms with Crippen LogP contribution in [-0.4, -0.2) is 41.4 Å². The predicted octanol–water partition coefficient (Wildman–Crippen LogP) is 3.69. The summed E-state index contributed by atoms with van der Waals surface area (Å²) in [7, 11) is 0. The molecule has 0 aromatic heterocycles. The van der Waals surface area contributed by atoms with Crippen molar-refractivity contribution in [2.24, 2.45) is 0 Å². The van der Waals surface area contributed by atoms with Crippen LogP contribution in [-0.2, 0) is 17.9 Å². The number of carbonyl (C=O) groups excluding carboxylic acids is 2. The zero-order valence-corrected chi connectivity index (χ0v) is 15.9. The van der Waals surface area contributed by atoms with Gasteiger partial charge in [0.2, 0.25) is 5.91 Å². The van der Waals surface area contributed by atoms with Crippen molar-refractivity contribution in [3.8, 4) is 0 Å². The first kappa shape index (κ1) is 19.5. The number of amides is 3. The lowest BCUT2D eigenvalue weighted by Gasteiger charge is -2.19. The van der Waals surface area contributed by atoms with E-state index in [9.17, 15) is 14.0 Å². The van der Waals surface area contributed by atoms with Crippen LogP contribution >= 0.6 is 23.2 Å². The highest BCUT2D eigenvalue weighted by Crippen LogP contribution is 2.21. The number of rotatable bonds is 6. The summed E-state index contributed by atoms with van der Waals surface area (Å²) in [5.74, 6) is -0.657. The van der Waals surface area contributed by atoms with Crippen molar-refractivity contribution >= 4 is 35.1 Å². The molecule has 0 unspecified atom stereocenters. The number of nitrogens with one attached hydrogen (secondary N) is 1. The molecule has 27 heavy (non-hydrogen) atoms. The van der Waals surface area contributed by atoms with Crippen LogP contribution in [0.2, 0.25) is 10.0 Å². The summed E-state index contributed by atoms with van der Waals surface area (Å²) in [6.07, 6.45) is 0. The zero-order valence-electron chi connectivity index (χ0n) is 14.4. The third-order valence-corrected chi connectivity index (χ3v) is 4.90. The molecule has 3 rings (SSSR count). The Morgan fingerprint density at radius 2 is 1.78 bits per heavy atom. The highest BCUT2D eigenvalue weighted by atomic mass is 35.5. The quantitative estimate of drug-likeness (QED) is 0.790. The van der Waals surface area contributed by atoms with Crippen molar-refractivity contribution in [3.63, 3.8) is 0 Å². The minimum atomic E-state index is -0.421. The van der Waals surface area contributed by atoms with E-state index in [4.69, 9.17) is 23.2 Å². The smallest absolute Gasteiger partial charge is 0.320 e. The molecule has 8 heteroatoms. The molecule has 1 fully saturated rings. The molecule has 0 saturated carbocycles. The summed E-state index contributed by atoms with van der Waals surface area (Å²) in [4.78, 5) is 27.7. The van der Waals surface area contributed by atoms with Crippen molar-refractivity contribution in [1.29, 1.82) is 0 Å². The molecule has 5 nitrogen and oxygen atoms in total. The first-order valence-electron chi connectivity index (χ1n) is 8.41. The average molecular weight is 410 g/mol. The number of nitrogens with zero attached hydrogens (tertiary/aromatic N) is 2. The second-order valence-electron chi connectivity index (χ2n) is 6.26. The van der Waals surface area contributed by atoms with Crippen LogP contribution < -0.4 is 5.32 Å². The Hall–Kier alpha value is -2.31. The molecule has 0 atom stereocenters. The van der Waals surface area contributed by atoms with Gasteiger partial charge in [0.15, 0.2) is 0 Å². The number of benzene rings is 2. The van der Waals surface area contributed by atoms with E-state index in [2.05, 4.69) is 5.32 Å². The molecule has 1 aliphatic heterocycles. The van der Waals surface area contributed by atoms with E-state index in [1.54, 1.807) is 23.1 Å². The Kier molecular flexibility index (Phi) is 6.19. The third kappa shape index (κ3) is 5.11. The number of halogens is 3. The summed E-state index contributed by atoms with van der Waals surface area (Å²) in [6.45, 7) is 1.57. The standard InChI is InChI=1S/C19H18Cl2FN3O2/c20-15-4-1-13(2-5-15)10-23-18(26)12-25-8-7-24(19(25)27)11-14-3-6-16(22)9-17(14)21/h1-6,9H,7-8,10-12H2,(H,23,26). The molecule has 1 N–H and O–H groups in total. The van der Waals surface area contributed by atoms with Gasteiger partial charge in [0.25, 0.3) is 0 Å². The first-order valence-corrected chi connectivity index (χ1v) is 9.17. The highest BCUT2D eigenvalue weighted by Gasteiger charge is 2.30. The summed E-state index contributed by atoms with van der Waals surface area (Å²) >= 11 is 11.9. The van der Waals surface area contributed by atoms with Crippen molar-refractivity contribution < 1.29 is 14.0 Å². The van der Waals surface area contributed by atoms with Gasteiger partial charge in [-0.2, -0.15) is 0 Å². The molecular weight excluding hydrogens is 392 g/mol. The number of hydrogen-bond donors (Lipinski definition) is 1. The monoisotopic (exact) mass is 409 g/mol. The zero-order chi connectivity index (χ0) is 19.4. The number of hydrogen-bond acceptors (Lipinski definition) is 2. The first-order chi connectivity index (χ1) is 12.9. The Morgan fingerprint density at radius 3 is 2.48 bits per heavy atom. The van der Waals surface area contributed by atoms with Gasteiger partial charge in [0.05, 0.1) is 0 Å². The average Bonchev–Trinajstić information content (AvgIpc) is 2.97. The maximum absolute atomic E-state index is 13.1. The fraction of sp³-hybridized carbons (Fsp3) is 0.263. The van der Waals surface area contributed by atoms with Gasteiger partial charge in [-0.25, -0.2) is 9.18 Å². The lowest BCUT2D eigenvalue weighted by atomic mass is 10.2. The van der Waals surface area contributed by atoms with Gasteiger partial charge >= 0.3 is 6.03 Å². The number of urea groups is 1. The Balaban J connectivity index is 1.50. The molecule has 0 radical (unpaired) electrons. The molecule has 3 amide bonds. The van der Waals surface area contributed by atoms with E-state index in [1.807, 2.05) is 12.1 Å². The van der Waals surface area contributed by atoms with Crippen LogP contribution in [0.25, 0.3) is 0 Å². The Bertz CT molecular complexity index is 845. The van der Waals surface area contributed by atoms with Gasteiger partial charge in [-0.1, -0.05) is 41.4 Å². The van der Waals surface area contributed by atoms with E-state index in [0.29, 0.717) is 30.2 Å². The van der Waals surface area contributed by atoms with Crippen molar-refractivity contribution in [1.82, 2.24) is 15.1 Å². The predicted molar refractivity (Wildman–Crippen MR) is 102 cm³/mol. The van der Waals surface area contributed by atoms with Gasteiger partial charge in [-0.15, -0.1) is 0 Å². The minimum Gasteiger partial charge on any atom is -0.350 e. The molecule has 2 aromatic rings. The Morgan fingerprint density at radius 1 is 1.07 bits per heavy atom. The molecule has 1 heterocycles. The maximum Gasteiger partial charge on any atom is 0.320 e. The van der Waals surface area contributed by atoms with E-state index in [1.165, 1.54) is 17.0 Å². The molecule has 0 bridgehead atoms. The van der Waals surface area contributed by atoms with Crippen LogP contribution in [0.4, 0.5) is 9.18 Å². The maximum atomic E-state index is 13.1. The molecule has 1 aliphatic rings. The van der Waals surface area contributed by atoms with E-state index < -0.39 is 5.82 Å². The van der Waals surface area contributed by atoms with Crippen molar-refractivity contribution in [2.75, 3.05) is 19.6 Å². The van der Waals surface area contributed by atoms with Crippen LogP contribution in [0.5, 0.6) is 0 Å². The summed E-state index contributed by atoms with van der Waals surface area (Å²) in [5.41, 5.74) is 1.59. The van der Waals surface area contributed by atoms with Crippen molar-refractivity contribution in [3.05, 3.63) is 69.5 Å². The van der Waals surface area contributed by atoms with E-state index in [-0.39, 0.29) is 30.1 Å². The van der Waals surface area contributed by atoms with Gasteiger partial charge in [-0.3, -0.25) is 4.79 Å². The van der Waals surface area contributed by atoms with Crippen LogP contribution in [0.1, 0.15) is 11.1 Å². The van der Waals surface area contributed by atoms with Crippen LogP contribution in [0.15, 0.2) is 42.5 Å². The summed E-state index contributed by atoms with van der Waals surface area (Å²) in [6, 6.07) is 11.0. The van der Waals surface area contributed by atoms with E-state index in [0.717, 1.165) is 5.56 Å². The molecule has 0 spiro atoms. The van der Waals surface area contributed by atoms with E-state index >= 15 is 0 Å². The van der Waals surface area contributed by atoms with Crippen LogP contribution in [0, 0.1) is 5.82 Å². The van der Waals surface area contributed by atoms with Gasteiger partial charge in [0, 0.05) is 36.2 Å².